The summed E-state index contributed by atoms with van der Waals surface area (Å²) in [6, 6.07) is 35.1. The summed E-state index contributed by atoms with van der Waals surface area (Å²) in [4.78, 5) is 31.4. The number of likely N-dealkylation sites (tertiary alicyclic amines) is 1. The third-order valence-corrected chi connectivity index (χ3v) is 9.62. The van der Waals surface area contributed by atoms with Crippen LogP contribution in [0.15, 0.2) is 103 Å². The van der Waals surface area contributed by atoms with E-state index in [9.17, 15) is 9.59 Å². The maximum Gasteiger partial charge on any atom is 0.410 e. The van der Waals surface area contributed by atoms with Crippen molar-refractivity contribution >= 4 is 22.6 Å². The molecule has 1 saturated heterocycles. The lowest BCUT2D eigenvalue weighted by atomic mass is 9.88. The summed E-state index contributed by atoms with van der Waals surface area (Å²) in [6.45, 7) is 5.87. The van der Waals surface area contributed by atoms with Crippen LogP contribution < -0.4 is 0 Å². The number of fused-ring (bicyclic) bond motifs is 1. The van der Waals surface area contributed by atoms with Crippen molar-refractivity contribution in [2.45, 2.75) is 51.2 Å². The van der Waals surface area contributed by atoms with Crippen LogP contribution in [0.4, 0.5) is 4.79 Å². The van der Waals surface area contributed by atoms with Crippen LogP contribution in [0.2, 0.25) is 0 Å². The second-order valence-electron chi connectivity index (χ2n) is 12.2. The van der Waals surface area contributed by atoms with Gasteiger partial charge in [-0.15, -0.1) is 0 Å². The van der Waals surface area contributed by atoms with Gasteiger partial charge in [0.05, 0.1) is 0 Å². The van der Waals surface area contributed by atoms with E-state index in [2.05, 4.69) is 53.4 Å². The summed E-state index contributed by atoms with van der Waals surface area (Å²) in [5.41, 5.74) is 3.20. The second kappa shape index (κ2) is 13.6. The first-order chi connectivity index (χ1) is 21.1. The van der Waals surface area contributed by atoms with Gasteiger partial charge in [0.25, 0.3) is 0 Å². The van der Waals surface area contributed by atoms with Crippen molar-refractivity contribution in [2.75, 3.05) is 26.2 Å². The first-order valence-corrected chi connectivity index (χ1v) is 15.9. The lowest BCUT2D eigenvalue weighted by molar-refractivity contribution is 0.0601. The zero-order valence-corrected chi connectivity index (χ0v) is 25.1. The monoisotopic (exact) mass is 574 g/mol. The largest absolute Gasteiger partial charge is 0.445 e. The lowest BCUT2D eigenvalue weighted by Gasteiger charge is -2.39. The number of ketones is 1. The molecular formula is C38H42N2O3. The summed E-state index contributed by atoms with van der Waals surface area (Å²) in [6.07, 6.45) is 3.46. The third kappa shape index (κ3) is 6.67. The molecule has 0 radical (unpaired) electrons. The maximum absolute atomic E-state index is 14.0. The molecular weight excluding hydrogens is 532 g/mol. The fourth-order valence-corrected chi connectivity index (χ4v) is 7.39. The number of carbonyl (C=O) groups is 2. The molecule has 43 heavy (non-hydrogen) atoms. The average Bonchev–Trinajstić information content (AvgIpc) is 3.49. The number of piperidine rings is 1. The molecule has 2 aliphatic rings. The van der Waals surface area contributed by atoms with Gasteiger partial charge >= 0.3 is 6.09 Å². The quantitative estimate of drug-likeness (QED) is 0.190. The SMILES string of the molecule is CCN(C(=O)OCc1ccccc1)C1CCN(CC2CC(C(=O)c3cccc4ccccc34)CC2c2ccccc2)CC1. The van der Waals surface area contributed by atoms with Gasteiger partial charge in [-0.1, -0.05) is 103 Å². The van der Waals surface area contributed by atoms with Gasteiger partial charge in [-0.05, 0) is 66.3 Å². The molecule has 2 fully saturated rings. The van der Waals surface area contributed by atoms with Crippen molar-refractivity contribution in [1.29, 1.82) is 0 Å². The number of ether oxygens (including phenoxy) is 1. The third-order valence-electron chi connectivity index (χ3n) is 9.62. The number of hydrogen-bond acceptors (Lipinski definition) is 4. The highest BCUT2D eigenvalue weighted by Crippen LogP contribution is 2.45. The Morgan fingerprint density at radius 3 is 2.23 bits per heavy atom. The van der Waals surface area contributed by atoms with Crippen LogP contribution in [0.5, 0.6) is 0 Å². The first kappa shape index (κ1) is 29.1. The molecule has 0 aromatic heterocycles. The van der Waals surface area contributed by atoms with Crippen molar-refractivity contribution in [2.24, 2.45) is 11.8 Å². The molecule has 222 valence electrons. The molecule has 1 amide bonds. The van der Waals surface area contributed by atoms with E-state index in [1.54, 1.807) is 0 Å². The van der Waals surface area contributed by atoms with E-state index in [1.165, 1.54) is 5.56 Å². The van der Waals surface area contributed by atoms with Crippen LogP contribution in [0.3, 0.4) is 0 Å². The number of benzene rings is 4. The summed E-state index contributed by atoms with van der Waals surface area (Å²) in [5, 5.41) is 2.18. The van der Waals surface area contributed by atoms with Gasteiger partial charge in [-0.3, -0.25) is 4.79 Å². The van der Waals surface area contributed by atoms with Crippen LogP contribution >= 0.6 is 0 Å². The standard InChI is InChI=1S/C38H42N2O3/c1-2-40(38(42)43-27-28-12-5-3-6-13-28)33-20-22-39(23-21-33)26-32-24-31(25-36(32)30-14-7-4-8-15-30)37(41)35-19-11-17-29-16-9-10-18-34(29)35/h3-19,31-33,36H,2,20-27H2,1H3. The highest BCUT2D eigenvalue weighted by atomic mass is 16.6. The Labute approximate surface area is 255 Å². The van der Waals surface area contributed by atoms with Crippen molar-refractivity contribution in [3.05, 3.63) is 120 Å². The number of hydrogen-bond donors (Lipinski definition) is 0. The van der Waals surface area contributed by atoms with Crippen molar-refractivity contribution < 1.29 is 14.3 Å². The van der Waals surface area contributed by atoms with E-state index in [0.717, 1.165) is 67.2 Å². The van der Waals surface area contributed by atoms with Crippen LogP contribution in [-0.2, 0) is 11.3 Å². The van der Waals surface area contributed by atoms with E-state index in [4.69, 9.17) is 4.74 Å². The summed E-state index contributed by atoms with van der Waals surface area (Å²) in [7, 11) is 0. The van der Waals surface area contributed by atoms with E-state index >= 15 is 0 Å². The van der Waals surface area contributed by atoms with Crippen LogP contribution in [-0.4, -0.2) is 53.9 Å². The molecule has 5 nitrogen and oxygen atoms in total. The Balaban J connectivity index is 1.10. The number of Topliss-reactive ketones (excluding diaryl/α,β-unsaturated/α-hetero) is 1. The molecule has 6 rings (SSSR count). The van der Waals surface area contributed by atoms with E-state index in [-0.39, 0.29) is 23.8 Å². The Morgan fingerprint density at radius 2 is 1.49 bits per heavy atom. The highest BCUT2D eigenvalue weighted by Gasteiger charge is 2.40. The molecule has 0 bridgehead atoms. The van der Waals surface area contributed by atoms with Gasteiger partial charge in [0, 0.05) is 43.7 Å². The molecule has 3 unspecified atom stereocenters. The minimum absolute atomic E-state index is 0.0218. The fraction of sp³-hybridized carbons (Fsp3) is 0.368. The second-order valence-corrected chi connectivity index (χ2v) is 12.2. The van der Waals surface area contributed by atoms with Gasteiger partial charge in [-0.25, -0.2) is 4.79 Å². The smallest absolute Gasteiger partial charge is 0.410 e. The van der Waals surface area contributed by atoms with Gasteiger partial charge in [0.1, 0.15) is 6.61 Å². The minimum atomic E-state index is -0.223. The number of amides is 1. The Bertz CT molecular complexity index is 1510. The first-order valence-electron chi connectivity index (χ1n) is 15.9. The van der Waals surface area contributed by atoms with Crippen molar-refractivity contribution in [3.63, 3.8) is 0 Å². The number of rotatable bonds is 9. The van der Waals surface area contributed by atoms with Crippen molar-refractivity contribution in [1.82, 2.24) is 9.80 Å². The molecule has 5 heteroatoms. The zero-order chi connectivity index (χ0) is 29.6. The van der Waals surface area contributed by atoms with Gasteiger partial charge in [0.2, 0.25) is 0 Å². The van der Waals surface area contributed by atoms with Gasteiger partial charge < -0.3 is 14.5 Å². The number of nitrogens with zero attached hydrogens (tertiary/aromatic N) is 2. The molecule has 4 aromatic rings. The normalized spacial score (nSPS) is 21.1. The zero-order valence-electron chi connectivity index (χ0n) is 25.1. The molecule has 1 aliphatic heterocycles. The van der Waals surface area contributed by atoms with Gasteiger partial charge in [0.15, 0.2) is 5.78 Å². The summed E-state index contributed by atoms with van der Waals surface area (Å²) in [5.74, 6) is 1.09. The molecule has 0 N–H and O–H groups in total. The topological polar surface area (TPSA) is 49.9 Å². The molecule has 4 aromatic carbocycles. The highest BCUT2D eigenvalue weighted by molar-refractivity contribution is 6.09. The molecule has 0 spiro atoms. The molecule has 1 heterocycles. The maximum atomic E-state index is 14.0. The predicted molar refractivity (Wildman–Crippen MR) is 172 cm³/mol. The molecule has 1 aliphatic carbocycles. The van der Waals surface area contributed by atoms with Crippen LogP contribution in [0.1, 0.15) is 60.0 Å². The Morgan fingerprint density at radius 1 is 0.814 bits per heavy atom. The van der Waals surface area contributed by atoms with Gasteiger partial charge in [-0.2, -0.15) is 0 Å². The molecule has 1 saturated carbocycles. The predicted octanol–water partition coefficient (Wildman–Crippen LogP) is 7.96. The fourth-order valence-electron chi connectivity index (χ4n) is 7.39. The average molecular weight is 575 g/mol. The molecule has 3 atom stereocenters. The Hall–Kier alpha value is -3.96. The summed E-state index contributed by atoms with van der Waals surface area (Å²) >= 11 is 0. The van der Waals surface area contributed by atoms with Crippen LogP contribution in [0.25, 0.3) is 10.8 Å². The summed E-state index contributed by atoms with van der Waals surface area (Å²) < 4.78 is 5.67. The minimum Gasteiger partial charge on any atom is -0.445 e. The van der Waals surface area contributed by atoms with Crippen molar-refractivity contribution in [3.8, 4) is 0 Å². The van der Waals surface area contributed by atoms with E-state index in [0.29, 0.717) is 25.0 Å². The number of carbonyl (C=O) groups excluding carboxylic acids is 2. The van der Waals surface area contributed by atoms with E-state index in [1.807, 2.05) is 66.4 Å². The lowest BCUT2D eigenvalue weighted by Crippen LogP contribution is -2.48. The van der Waals surface area contributed by atoms with E-state index < -0.39 is 0 Å². The Kier molecular flexibility index (Phi) is 9.18. The van der Waals surface area contributed by atoms with Crippen LogP contribution in [0, 0.1) is 11.8 Å².